The monoisotopic (exact) mass is 192 g/mol. The van der Waals surface area contributed by atoms with Gasteiger partial charge in [0.15, 0.2) is 0 Å². The van der Waals surface area contributed by atoms with Crippen LogP contribution in [-0.4, -0.2) is 11.5 Å². The summed E-state index contributed by atoms with van der Waals surface area (Å²) in [5, 5.41) is 0. The van der Waals surface area contributed by atoms with Crippen LogP contribution in [0.2, 0.25) is 0 Å². The molecule has 0 radical (unpaired) electrons. The summed E-state index contributed by atoms with van der Waals surface area (Å²) in [5.74, 6) is 3.36. The maximum Gasteiger partial charge on any atom is 0.0157 e. The summed E-state index contributed by atoms with van der Waals surface area (Å²) in [4.78, 5) is 0. The molecule has 1 aliphatic rings. The fraction of sp³-hybridized carbons (Fsp3) is 0.500. The van der Waals surface area contributed by atoms with Gasteiger partial charge in [0.2, 0.25) is 0 Å². The van der Waals surface area contributed by atoms with Gasteiger partial charge in [-0.05, 0) is 11.5 Å². The Morgan fingerprint density at radius 2 is 1.77 bits per heavy atom. The highest BCUT2D eigenvalue weighted by Crippen LogP contribution is 2.46. The van der Waals surface area contributed by atoms with Crippen molar-refractivity contribution in [1.29, 1.82) is 0 Å². The van der Waals surface area contributed by atoms with Crippen molar-refractivity contribution in [1.82, 2.24) is 0 Å². The maximum absolute atomic E-state index is 2.34. The molecule has 1 aromatic rings. The predicted octanol–water partition coefficient (Wildman–Crippen LogP) is 3.33. The molecule has 0 bridgehead atoms. The van der Waals surface area contributed by atoms with Crippen LogP contribution in [0, 0.1) is 5.92 Å². The third kappa shape index (κ3) is 1.39. The standard InChI is InChI=1S/C12H16S/c1-10(2)12(8-13-9-12)11-6-4-3-5-7-11/h3-7,10H,8-9H2,1-2H3. The molecule has 1 fully saturated rings. The van der Waals surface area contributed by atoms with Gasteiger partial charge < -0.3 is 0 Å². The third-order valence-corrected chi connectivity index (χ3v) is 4.61. The second-order valence-corrected chi connectivity index (χ2v) is 5.16. The Hall–Kier alpha value is -0.430. The van der Waals surface area contributed by atoms with Crippen LogP contribution >= 0.6 is 11.8 Å². The smallest absolute Gasteiger partial charge is 0.0157 e. The van der Waals surface area contributed by atoms with Crippen LogP contribution in [0.25, 0.3) is 0 Å². The highest BCUT2D eigenvalue weighted by molar-refractivity contribution is 8.00. The zero-order valence-corrected chi connectivity index (χ0v) is 9.10. The molecule has 0 amide bonds. The van der Waals surface area contributed by atoms with Gasteiger partial charge in [0, 0.05) is 16.9 Å². The average molecular weight is 192 g/mol. The van der Waals surface area contributed by atoms with Gasteiger partial charge in [0.05, 0.1) is 0 Å². The van der Waals surface area contributed by atoms with E-state index in [-0.39, 0.29) is 0 Å². The summed E-state index contributed by atoms with van der Waals surface area (Å²) in [6, 6.07) is 11.0. The van der Waals surface area contributed by atoms with Crippen LogP contribution in [0.15, 0.2) is 30.3 Å². The normalized spacial score (nSPS) is 19.9. The first-order chi connectivity index (χ1) is 6.26. The van der Waals surface area contributed by atoms with E-state index in [0.29, 0.717) is 5.41 Å². The summed E-state index contributed by atoms with van der Waals surface area (Å²) in [6.07, 6.45) is 0. The Balaban J connectivity index is 2.32. The lowest BCUT2D eigenvalue weighted by Gasteiger charge is -2.45. The first-order valence-electron chi connectivity index (χ1n) is 4.89. The number of hydrogen-bond donors (Lipinski definition) is 0. The van der Waals surface area contributed by atoms with E-state index in [0.717, 1.165) is 5.92 Å². The summed E-state index contributed by atoms with van der Waals surface area (Å²) in [7, 11) is 0. The quantitative estimate of drug-likeness (QED) is 0.692. The van der Waals surface area contributed by atoms with Crippen molar-refractivity contribution in [2.24, 2.45) is 5.92 Å². The first kappa shape index (κ1) is 9.14. The Morgan fingerprint density at radius 3 is 2.15 bits per heavy atom. The number of benzene rings is 1. The lowest BCUT2D eigenvalue weighted by Crippen LogP contribution is -2.45. The maximum atomic E-state index is 2.34. The van der Waals surface area contributed by atoms with Crippen LogP contribution in [0.3, 0.4) is 0 Å². The molecular weight excluding hydrogens is 176 g/mol. The van der Waals surface area contributed by atoms with Gasteiger partial charge in [-0.3, -0.25) is 0 Å². The highest BCUT2D eigenvalue weighted by atomic mass is 32.2. The second kappa shape index (κ2) is 3.38. The fourth-order valence-electron chi connectivity index (χ4n) is 1.93. The fourth-order valence-corrected chi connectivity index (χ4v) is 3.57. The van der Waals surface area contributed by atoms with Crippen molar-refractivity contribution in [2.45, 2.75) is 19.3 Å². The predicted molar refractivity (Wildman–Crippen MR) is 60.3 cm³/mol. The Morgan fingerprint density at radius 1 is 1.15 bits per heavy atom. The van der Waals surface area contributed by atoms with Gasteiger partial charge in [-0.15, -0.1) is 0 Å². The van der Waals surface area contributed by atoms with Crippen molar-refractivity contribution in [2.75, 3.05) is 11.5 Å². The molecule has 1 heteroatoms. The summed E-state index contributed by atoms with van der Waals surface area (Å²) < 4.78 is 0. The lowest BCUT2D eigenvalue weighted by atomic mass is 9.74. The SMILES string of the molecule is CC(C)C1(c2ccccc2)CSC1. The molecule has 2 rings (SSSR count). The highest BCUT2D eigenvalue weighted by Gasteiger charge is 2.41. The average Bonchev–Trinajstić information content (AvgIpc) is 2.03. The van der Waals surface area contributed by atoms with Crippen molar-refractivity contribution in [3.05, 3.63) is 35.9 Å². The van der Waals surface area contributed by atoms with Gasteiger partial charge in [-0.2, -0.15) is 11.8 Å². The minimum absolute atomic E-state index is 0.478. The van der Waals surface area contributed by atoms with Crippen LogP contribution in [0.4, 0.5) is 0 Å². The molecular formula is C12H16S. The summed E-state index contributed by atoms with van der Waals surface area (Å²) in [6.45, 7) is 4.68. The van der Waals surface area contributed by atoms with Crippen LogP contribution < -0.4 is 0 Å². The molecule has 0 aliphatic carbocycles. The van der Waals surface area contributed by atoms with E-state index >= 15 is 0 Å². The van der Waals surface area contributed by atoms with E-state index in [1.54, 1.807) is 0 Å². The lowest BCUT2D eigenvalue weighted by molar-refractivity contribution is 0.368. The number of hydrogen-bond acceptors (Lipinski definition) is 1. The molecule has 0 aromatic heterocycles. The molecule has 0 spiro atoms. The van der Waals surface area contributed by atoms with Crippen LogP contribution in [0.1, 0.15) is 19.4 Å². The largest absolute Gasteiger partial charge is 0.160 e. The van der Waals surface area contributed by atoms with Crippen LogP contribution in [0.5, 0.6) is 0 Å². The zero-order valence-electron chi connectivity index (χ0n) is 8.29. The molecule has 0 N–H and O–H groups in total. The van der Waals surface area contributed by atoms with Crippen molar-refractivity contribution in [3.63, 3.8) is 0 Å². The number of rotatable bonds is 2. The molecule has 0 nitrogen and oxygen atoms in total. The minimum atomic E-state index is 0.478. The van der Waals surface area contributed by atoms with Crippen molar-refractivity contribution < 1.29 is 0 Å². The Labute approximate surface area is 84.7 Å². The van der Waals surface area contributed by atoms with E-state index in [1.807, 2.05) is 0 Å². The summed E-state index contributed by atoms with van der Waals surface area (Å²) in [5.41, 5.74) is 2.01. The minimum Gasteiger partial charge on any atom is -0.160 e. The van der Waals surface area contributed by atoms with Gasteiger partial charge in [-0.1, -0.05) is 44.2 Å². The molecule has 1 saturated heterocycles. The van der Waals surface area contributed by atoms with Gasteiger partial charge in [0.25, 0.3) is 0 Å². The van der Waals surface area contributed by atoms with E-state index < -0.39 is 0 Å². The van der Waals surface area contributed by atoms with Crippen molar-refractivity contribution >= 4 is 11.8 Å². The molecule has 70 valence electrons. The molecule has 0 saturated carbocycles. The van der Waals surface area contributed by atoms with E-state index in [1.165, 1.54) is 17.1 Å². The third-order valence-electron chi connectivity index (χ3n) is 3.17. The molecule has 0 atom stereocenters. The van der Waals surface area contributed by atoms with E-state index in [2.05, 4.69) is 55.9 Å². The second-order valence-electron chi connectivity index (χ2n) is 4.17. The molecule has 1 aliphatic heterocycles. The van der Waals surface area contributed by atoms with E-state index in [9.17, 15) is 0 Å². The van der Waals surface area contributed by atoms with Gasteiger partial charge >= 0.3 is 0 Å². The first-order valence-corrected chi connectivity index (χ1v) is 6.04. The Kier molecular flexibility index (Phi) is 2.37. The number of thioether (sulfide) groups is 1. The molecule has 13 heavy (non-hydrogen) atoms. The summed E-state index contributed by atoms with van der Waals surface area (Å²) >= 11 is 2.07. The van der Waals surface area contributed by atoms with Gasteiger partial charge in [0.1, 0.15) is 0 Å². The molecule has 1 aromatic carbocycles. The van der Waals surface area contributed by atoms with E-state index in [4.69, 9.17) is 0 Å². The molecule has 1 heterocycles. The van der Waals surface area contributed by atoms with Crippen LogP contribution in [-0.2, 0) is 5.41 Å². The molecule has 0 unspecified atom stereocenters. The topological polar surface area (TPSA) is 0 Å². The van der Waals surface area contributed by atoms with Crippen molar-refractivity contribution in [3.8, 4) is 0 Å². The van der Waals surface area contributed by atoms with Gasteiger partial charge in [-0.25, -0.2) is 0 Å². The Bertz CT molecular complexity index is 272. The zero-order chi connectivity index (χ0) is 9.31.